The Hall–Kier alpha value is -3.42. The maximum absolute atomic E-state index is 12.4. The van der Waals surface area contributed by atoms with Crippen molar-refractivity contribution in [1.29, 1.82) is 0 Å². The predicted octanol–water partition coefficient (Wildman–Crippen LogP) is 3.01. The number of carbonyl (C=O) groups excluding carboxylic acids is 2. The number of ether oxygens (including phenoxy) is 1. The first-order valence-corrected chi connectivity index (χ1v) is 9.63. The second-order valence-electron chi connectivity index (χ2n) is 7.49. The van der Waals surface area contributed by atoms with Gasteiger partial charge in [0, 0.05) is 19.2 Å². The Kier molecular flexibility index (Phi) is 4.92. The van der Waals surface area contributed by atoms with Crippen molar-refractivity contribution in [3.05, 3.63) is 47.3 Å². The summed E-state index contributed by atoms with van der Waals surface area (Å²) >= 11 is 0. The molecule has 0 saturated carbocycles. The van der Waals surface area contributed by atoms with Gasteiger partial charge in [0.15, 0.2) is 5.65 Å². The zero-order chi connectivity index (χ0) is 20.5. The van der Waals surface area contributed by atoms with Crippen LogP contribution in [0.3, 0.4) is 0 Å². The van der Waals surface area contributed by atoms with Gasteiger partial charge in [0.2, 0.25) is 11.8 Å². The van der Waals surface area contributed by atoms with E-state index in [-0.39, 0.29) is 23.9 Å². The van der Waals surface area contributed by atoms with E-state index < -0.39 is 0 Å². The summed E-state index contributed by atoms with van der Waals surface area (Å²) in [5.41, 5.74) is 3.66. The maximum Gasteiger partial charge on any atom is 0.255 e. The molecule has 2 heterocycles. The summed E-state index contributed by atoms with van der Waals surface area (Å²) in [6.07, 6.45) is 4.91. The fraction of sp³-hybridized carbons (Fsp3) is 0.333. The molecule has 0 bridgehead atoms. The van der Waals surface area contributed by atoms with E-state index in [0.29, 0.717) is 28.4 Å². The molecular formula is C21H23N5O3. The van der Waals surface area contributed by atoms with Gasteiger partial charge in [0.05, 0.1) is 17.8 Å². The fourth-order valence-corrected chi connectivity index (χ4v) is 3.60. The minimum Gasteiger partial charge on any atom is -0.437 e. The van der Waals surface area contributed by atoms with Crippen LogP contribution < -0.4 is 15.4 Å². The molecule has 1 aliphatic carbocycles. The second kappa shape index (κ2) is 7.54. The van der Waals surface area contributed by atoms with E-state index in [1.165, 1.54) is 18.7 Å². The molecule has 0 fully saturated rings. The van der Waals surface area contributed by atoms with Crippen molar-refractivity contribution in [2.75, 3.05) is 0 Å². The molecule has 1 aliphatic rings. The van der Waals surface area contributed by atoms with Crippen LogP contribution in [0.5, 0.6) is 11.6 Å². The highest BCUT2D eigenvalue weighted by Crippen LogP contribution is 2.35. The van der Waals surface area contributed by atoms with Gasteiger partial charge in [0.1, 0.15) is 11.3 Å². The molecule has 29 heavy (non-hydrogen) atoms. The topological polar surface area (TPSA) is 109 Å². The summed E-state index contributed by atoms with van der Waals surface area (Å²) in [6, 6.07) is 5.83. The average molecular weight is 393 g/mol. The molecule has 3 aromatic rings. The predicted molar refractivity (Wildman–Crippen MR) is 108 cm³/mol. The largest absolute Gasteiger partial charge is 0.437 e. The number of aromatic amines is 1. The van der Waals surface area contributed by atoms with E-state index in [1.807, 2.05) is 32.0 Å². The Bertz CT molecular complexity index is 1090. The number of aromatic nitrogens is 3. The standard InChI is InChI=1S/C21H23N5O3/c1-11(2)24-21(28)16-9-22-20-19(16)26-18(10-23-20)29-14-6-4-13-5-7-17(15(13)8-14)25-12(3)27/h4,6,8-11,17H,5,7H2,1-3H3,(H,22,23)(H,24,28)(H,25,27)/t17-/m1/s1. The van der Waals surface area contributed by atoms with Crippen LogP contribution in [0.15, 0.2) is 30.6 Å². The fourth-order valence-electron chi connectivity index (χ4n) is 3.60. The van der Waals surface area contributed by atoms with Gasteiger partial charge in [-0.2, -0.15) is 0 Å². The average Bonchev–Trinajstić information content (AvgIpc) is 3.25. The Labute approximate surface area is 168 Å². The lowest BCUT2D eigenvalue weighted by Gasteiger charge is -2.13. The number of rotatable bonds is 5. The minimum absolute atomic E-state index is 0.00406. The second-order valence-corrected chi connectivity index (χ2v) is 7.49. The molecule has 1 atom stereocenters. The van der Waals surface area contributed by atoms with Crippen molar-refractivity contribution in [2.45, 2.75) is 45.7 Å². The number of benzene rings is 1. The monoisotopic (exact) mass is 393 g/mol. The van der Waals surface area contributed by atoms with E-state index in [0.717, 1.165) is 18.4 Å². The number of H-pyrrole nitrogens is 1. The Balaban J connectivity index is 1.60. The maximum atomic E-state index is 12.4. The smallest absolute Gasteiger partial charge is 0.255 e. The molecule has 2 aromatic heterocycles. The van der Waals surface area contributed by atoms with Crippen LogP contribution in [0, 0.1) is 0 Å². The first kappa shape index (κ1) is 18.9. The van der Waals surface area contributed by atoms with Crippen LogP contribution in [0.4, 0.5) is 0 Å². The zero-order valence-electron chi connectivity index (χ0n) is 16.6. The van der Waals surface area contributed by atoms with E-state index in [2.05, 4.69) is 25.6 Å². The molecule has 0 saturated heterocycles. The number of nitrogens with zero attached hydrogens (tertiary/aromatic N) is 2. The summed E-state index contributed by atoms with van der Waals surface area (Å²) in [5.74, 6) is 0.640. The molecular weight excluding hydrogens is 370 g/mol. The summed E-state index contributed by atoms with van der Waals surface area (Å²) in [7, 11) is 0. The summed E-state index contributed by atoms with van der Waals surface area (Å²) in [4.78, 5) is 35.6. The van der Waals surface area contributed by atoms with Crippen molar-refractivity contribution in [1.82, 2.24) is 25.6 Å². The molecule has 2 amide bonds. The van der Waals surface area contributed by atoms with Gasteiger partial charge >= 0.3 is 0 Å². The molecule has 3 N–H and O–H groups in total. The van der Waals surface area contributed by atoms with Crippen molar-refractivity contribution >= 4 is 23.0 Å². The SMILES string of the molecule is CC(=O)N[C@@H]1CCc2ccc(Oc3cnc4[nH]cc(C(=O)NC(C)C)c4n3)cc21. The number of nitrogens with one attached hydrogen (secondary N) is 3. The highest BCUT2D eigenvalue weighted by Gasteiger charge is 2.24. The highest BCUT2D eigenvalue weighted by molar-refractivity contribution is 6.04. The van der Waals surface area contributed by atoms with Gasteiger partial charge in [-0.15, -0.1) is 0 Å². The number of carbonyl (C=O) groups is 2. The van der Waals surface area contributed by atoms with Crippen molar-refractivity contribution in [3.63, 3.8) is 0 Å². The molecule has 0 radical (unpaired) electrons. The lowest BCUT2D eigenvalue weighted by molar-refractivity contribution is -0.119. The van der Waals surface area contributed by atoms with Crippen LogP contribution >= 0.6 is 0 Å². The third kappa shape index (κ3) is 3.91. The molecule has 0 spiro atoms. The Morgan fingerprint density at radius 1 is 1.31 bits per heavy atom. The van der Waals surface area contributed by atoms with Crippen LogP contribution in [-0.2, 0) is 11.2 Å². The van der Waals surface area contributed by atoms with Gasteiger partial charge in [-0.3, -0.25) is 9.59 Å². The molecule has 0 aliphatic heterocycles. The summed E-state index contributed by atoms with van der Waals surface area (Å²) < 4.78 is 5.92. The number of fused-ring (bicyclic) bond motifs is 2. The number of hydrogen-bond acceptors (Lipinski definition) is 5. The lowest BCUT2D eigenvalue weighted by atomic mass is 10.1. The van der Waals surface area contributed by atoms with E-state index in [4.69, 9.17) is 4.74 Å². The molecule has 1 aromatic carbocycles. The van der Waals surface area contributed by atoms with E-state index in [9.17, 15) is 9.59 Å². The van der Waals surface area contributed by atoms with Crippen LogP contribution in [0.1, 0.15) is 54.7 Å². The molecule has 0 unspecified atom stereocenters. The Morgan fingerprint density at radius 3 is 2.90 bits per heavy atom. The van der Waals surface area contributed by atoms with Crippen molar-refractivity contribution < 1.29 is 14.3 Å². The van der Waals surface area contributed by atoms with Gasteiger partial charge in [-0.25, -0.2) is 9.97 Å². The van der Waals surface area contributed by atoms with Crippen LogP contribution in [0.2, 0.25) is 0 Å². The van der Waals surface area contributed by atoms with Crippen LogP contribution in [-0.4, -0.2) is 32.8 Å². The summed E-state index contributed by atoms with van der Waals surface area (Å²) in [6.45, 7) is 5.32. The minimum atomic E-state index is -0.214. The lowest BCUT2D eigenvalue weighted by Crippen LogP contribution is -2.29. The zero-order valence-corrected chi connectivity index (χ0v) is 16.6. The quantitative estimate of drug-likeness (QED) is 0.617. The Morgan fingerprint density at radius 2 is 2.14 bits per heavy atom. The summed E-state index contributed by atoms with van der Waals surface area (Å²) in [5, 5.41) is 5.83. The number of amides is 2. The third-order valence-corrected chi connectivity index (χ3v) is 4.82. The van der Waals surface area contributed by atoms with Gasteiger partial charge in [-0.05, 0) is 49.9 Å². The highest BCUT2D eigenvalue weighted by atomic mass is 16.5. The van der Waals surface area contributed by atoms with Crippen molar-refractivity contribution in [2.24, 2.45) is 0 Å². The molecule has 8 heteroatoms. The first-order valence-electron chi connectivity index (χ1n) is 9.63. The van der Waals surface area contributed by atoms with Gasteiger partial charge < -0.3 is 20.4 Å². The first-order chi connectivity index (χ1) is 13.9. The van der Waals surface area contributed by atoms with Gasteiger partial charge in [0.25, 0.3) is 5.91 Å². The van der Waals surface area contributed by atoms with Crippen molar-refractivity contribution in [3.8, 4) is 11.6 Å². The van der Waals surface area contributed by atoms with Crippen LogP contribution in [0.25, 0.3) is 11.2 Å². The van der Waals surface area contributed by atoms with Gasteiger partial charge in [-0.1, -0.05) is 6.07 Å². The molecule has 8 nitrogen and oxygen atoms in total. The molecule has 150 valence electrons. The van der Waals surface area contributed by atoms with E-state index in [1.54, 1.807) is 6.20 Å². The number of aryl methyl sites for hydroxylation is 1. The third-order valence-electron chi connectivity index (χ3n) is 4.82. The van der Waals surface area contributed by atoms with E-state index >= 15 is 0 Å². The normalized spacial score (nSPS) is 15.4. The number of hydrogen-bond donors (Lipinski definition) is 3. The molecule has 4 rings (SSSR count).